The molecular weight excluding hydrogens is 226 g/mol. The lowest BCUT2D eigenvalue weighted by Gasteiger charge is -2.24. The quantitative estimate of drug-likeness (QED) is 0.803. The molecule has 1 atom stereocenters. The predicted molar refractivity (Wildman–Crippen MR) is 73.9 cm³/mol. The Morgan fingerprint density at radius 1 is 1.28 bits per heavy atom. The van der Waals surface area contributed by atoms with E-state index >= 15 is 0 Å². The summed E-state index contributed by atoms with van der Waals surface area (Å²) in [5, 5.41) is 0. The van der Waals surface area contributed by atoms with Gasteiger partial charge in [-0.3, -0.25) is 4.79 Å². The van der Waals surface area contributed by atoms with Crippen LogP contribution in [0, 0.1) is 13.8 Å². The molecule has 1 aromatic rings. The van der Waals surface area contributed by atoms with Crippen molar-refractivity contribution in [2.24, 2.45) is 0 Å². The molecule has 0 radical (unpaired) electrons. The standard InChI is InChI=1S/C15H23NO2/c1-6-16(7-2)15(17)13(5)18-14-10-8-9-11(3)12(14)4/h8-10,13H,6-7H2,1-5H3. The molecule has 0 saturated carbocycles. The van der Waals surface area contributed by atoms with Crippen LogP contribution in [-0.4, -0.2) is 30.0 Å². The summed E-state index contributed by atoms with van der Waals surface area (Å²) in [7, 11) is 0. The highest BCUT2D eigenvalue weighted by atomic mass is 16.5. The van der Waals surface area contributed by atoms with Crippen LogP contribution in [0.25, 0.3) is 0 Å². The van der Waals surface area contributed by atoms with E-state index in [1.54, 1.807) is 4.90 Å². The molecular formula is C15H23NO2. The lowest BCUT2D eigenvalue weighted by Crippen LogP contribution is -2.40. The van der Waals surface area contributed by atoms with Gasteiger partial charge in [0, 0.05) is 13.1 Å². The second kappa shape index (κ2) is 6.43. The first kappa shape index (κ1) is 14.6. The average molecular weight is 249 g/mol. The van der Waals surface area contributed by atoms with Crippen LogP contribution in [0.1, 0.15) is 31.9 Å². The number of aryl methyl sites for hydroxylation is 1. The van der Waals surface area contributed by atoms with Gasteiger partial charge in [0.1, 0.15) is 5.75 Å². The number of carbonyl (C=O) groups excluding carboxylic acids is 1. The van der Waals surface area contributed by atoms with Crippen LogP contribution in [0.3, 0.4) is 0 Å². The van der Waals surface area contributed by atoms with Gasteiger partial charge in [-0.15, -0.1) is 0 Å². The Balaban J connectivity index is 2.78. The van der Waals surface area contributed by atoms with Crippen molar-refractivity contribution < 1.29 is 9.53 Å². The second-order valence-electron chi connectivity index (χ2n) is 4.47. The average Bonchev–Trinajstić information content (AvgIpc) is 2.36. The molecule has 0 aliphatic carbocycles. The fourth-order valence-electron chi connectivity index (χ4n) is 1.89. The molecule has 0 heterocycles. The van der Waals surface area contributed by atoms with Crippen LogP contribution in [0.4, 0.5) is 0 Å². The van der Waals surface area contributed by atoms with E-state index in [0.717, 1.165) is 24.4 Å². The van der Waals surface area contributed by atoms with Gasteiger partial charge < -0.3 is 9.64 Å². The third kappa shape index (κ3) is 3.25. The van der Waals surface area contributed by atoms with E-state index < -0.39 is 6.10 Å². The van der Waals surface area contributed by atoms with Crippen molar-refractivity contribution in [3.8, 4) is 5.75 Å². The molecule has 3 heteroatoms. The third-order valence-electron chi connectivity index (χ3n) is 3.28. The Morgan fingerprint density at radius 3 is 2.44 bits per heavy atom. The van der Waals surface area contributed by atoms with Gasteiger partial charge in [0.05, 0.1) is 0 Å². The smallest absolute Gasteiger partial charge is 0.263 e. The highest BCUT2D eigenvalue weighted by Gasteiger charge is 2.20. The minimum absolute atomic E-state index is 0.0425. The van der Waals surface area contributed by atoms with Crippen LogP contribution in [0.15, 0.2) is 18.2 Å². The zero-order valence-corrected chi connectivity index (χ0v) is 12.0. The van der Waals surface area contributed by atoms with Crippen LogP contribution in [0.2, 0.25) is 0 Å². The Kier molecular flexibility index (Phi) is 5.20. The summed E-state index contributed by atoms with van der Waals surface area (Å²) in [6, 6.07) is 5.90. The Labute approximate surface area is 110 Å². The molecule has 1 rings (SSSR count). The number of carbonyl (C=O) groups is 1. The number of benzene rings is 1. The maximum absolute atomic E-state index is 12.1. The number of likely N-dealkylation sites (N-methyl/N-ethyl adjacent to an activating group) is 1. The molecule has 100 valence electrons. The summed E-state index contributed by atoms with van der Waals surface area (Å²) < 4.78 is 5.78. The molecule has 0 aliphatic heterocycles. The second-order valence-corrected chi connectivity index (χ2v) is 4.47. The molecule has 0 saturated heterocycles. The molecule has 0 aromatic heterocycles. The molecule has 0 spiro atoms. The van der Waals surface area contributed by atoms with Gasteiger partial charge in [-0.1, -0.05) is 12.1 Å². The molecule has 0 fully saturated rings. The number of amides is 1. The molecule has 3 nitrogen and oxygen atoms in total. The van der Waals surface area contributed by atoms with E-state index in [9.17, 15) is 4.79 Å². The molecule has 1 amide bonds. The summed E-state index contributed by atoms with van der Waals surface area (Å²) in [6.45, 7) is 11.3. The topological polar surface area (TPSA) is 29.5 Å². The van der Waals surface area contributed by atoms with Gasteiger partial charge in [-0.05, 0) is 51.8 Å². The van der Waals surface area contributed by atoms with Gasteiger partial charge in [-0.2, -0.15) is 0 Å². The summed E-state index contributed by atoms with van der Waals surface area (Å²) in [6.07, 6.45) is -0.439. The first-order valence-corrected chi connectivity index (χ1v) is 6.52. The molecule has 0 aliphatic rings. The predicted octanol–water partition coefficient (Wildman–Crippen LogP) is 2.94. The Hall–Kier alpha value is -1.51. The lowest BCUT2D eigenvalue weighted by molar-refractivity contribution is -0.137. The summed E-state index contributed by atoms with van der Waals surface area (Å²) >= 11 is 0. The minimum atomic E-state index is -0.439. The Morgan fingerprint density at radius 2 is 1.89 bits per heavy atom. The summed E-state index contributed by atoms with van der Waals surface area (Å²) in [4.78, 5) is 13.9. The van der Waals surface area contributed by atoms with Gasteiger partial charge in [0.2, 0.25) is 0 Å². The number of rotatable bonds is 5. The lowest BCUT2D eigenvalue weighted by atomic mass is 10.1. The molecule has 0 bridgehead atoms. The molecule has 0 N–H and O–H groups in total. The largest absolute Gasteiger partial charge is 0.481 e. The highest BCUT2D eigenvalue weighted by molar-refractivity contribution is 5.80. The minimum Gasteiger partial charge on any atom is -0.481 e. The van der Waals surface area contributed by atoms with Gasteiger partial charge >= 0.3 is 0 Å². The normalized spacial score (nSPS) is 12.1. The van der Waals surface area contributed by atoms with E-state index in [-0.39, 0.29) is 5.91 Å². The van der Waals surface area contributed by atoms with Crippen LogP contribution >= 0.6 is 0 Å². The van der Waals surface area contributed by atoms with E-state index in [4.69, 9.17) is 4.74 Å². The van der Waals surface area contributed by atoms with Crippen LogP contribution in [0.5, 0.6) is 5.75 Å². The SMILES string of the molecule is CCN(CC)C(=O)C(C)Oc1cccc(C)c1C. The van der Waals surface area contributed by atoms with Crippen LogP contribution < -0.4 is 4.74 Å². The zero-order chi connectivity index (χ0) is 13.7. The Bertz CT molecular complexity index is 411. The number of ether oxygens (including phenoxy) is 1. The fourth-order valence-corrected chi connectivity index (χ4v) is 1.89. The molecule has 1 unspecified atom stereocenters. The van der Waals surface area contributed by atoms with Crippen molar-refractivity contribution >= 4 is 5.91 Å². The number of hydrogen-bond donors (Lipinski definition) is 0. The first-order valence-electron chi connectivity index (χ1n) is 6.52. The van der Waals surface area contributed by atoms with Gasteiger partial charge in [0.25, 0.3) is 5.91 Å². The van der Waals surface area contributed by atoms with E-state index in [1.165, 1.54) is 5.56 Å². The van der Waals surface area contributed by atoms with Gasteiger partial charge in [0.15, 0.2) is 6.10 Å². The maximum atomic E-state index is 12.1. The van der Waals surface area contributed by atoms with Crippen molar-refractivity contribution in [3.63, 3.8) is 0 Å². The monoisotopic (exact) mass is 249 g/mol. The fraction of sp³-hybridized carbons (Fsp3) is 0.533. The van der Waals surface area contributed by atoms with Gasteiger partial charge in [-0.25, -0.2) is 0 Å². The zero-order valence-electron chi connectivity index (χ0n) is 12.0. The molecule has 18 heavy (non-hydrogen) atoms. The highest BCUT2D eigenvalue weighted by Crippen LogP contribution is 2.22. The van der Waals surface area contributed by atoms with E-state index in [0.29, 0.717) is 0 Å². The molecule has 1 aromatic carbocycles. The summed E-state index contributed by atoms with van der Waals surface area (Å²) in [5.74, 6) is 0.837. The first-order chi connectivity index (χ1) is 8.51. The van der Waals surface area contributed by atoms with Crippen molar-refractivity contribution in [2.45, 2.75) is 40.7 Å². The van der Waals surface area contributed by atoms with Crippen molar-refractivity contribution in [1.29, 1.82) is 0 Å². The summed E-state index contributed by atoms with van der Waals surface area (Å²) in [5.41, 5.74) is 2.27. The maximum Gasteiger partial charge on any atom is 0.263 e. The van der Waals surface area contributed by atoms with Crippen LogP contribution in [-0.2, 0) is 4.79 Å². The number of nitrogens with zero attached hydrogens (tertiary/aromatic N) is 1. The van der Waals surface area contributed by atoms with Crippen molar-refractivity contribution in [3.05, 3.63) is 29.3 Å². The van der Waals surface area contributed by atoms with Crippen molar-refractivity contribution in [1.82, 2.24) is 4.90 Å². The third-order valence-corrected chi connectivity index (χ3v) is 3.28. The van der Waals surface area contributed by atoms with Crippen molar-refractivity contribution in [2.75, 3.05) is 13.1 Å². The number of hydrogen-bond acceptors (Lipinski definition) is 2. The van der Waals surface area contributed by atoms with E-state index in [2.05, 4.69) is 0 Å². The van der Waals surface area contributed by atoms with E-state index in [1.807, 2.05) is 52.8 Å².